The molecule has 158 valence electrons. The van der Waals surface area contributed by atoms with Gasteiger partial charge in [-0.25, -0.2) is 0 Å². The van der Waals surface area contributed by atoms with Crippen molar-refractivity contribution in [1.29, 1.82) is 0 Å². The number of methoxy groups -OCH3 is 1. The molecule has 3 aromatic rings. The Bertz CT molecular complexity index is 1040. The number of hydrogen-bond donors (Lipinski definition) is 1. The highest BCUT2D eigenvalue weighted by molar-refractivity contribution is 8.00. The summed E-state index contributed by atoms with van der Waals surface area (Å²) in [4.78, 5) is 12.7. The predicted molar refractivity (Wildman–Crippen MR) is 121 cm³/mol. The van der Waals surface area contributed by atoms with Crippen LogP contribution < -0.4 is 10.1 Å². The molecule has 1 amide bonds. The van der Waals surface area contributed by atoms with Crippen molar-refractivity contribution in [2.75, 3.05) is 7.11 Å². The molecule has 6 nitrogen and oxygen atoms in total. The maximum absolute atomic E-state index is 12.7. The summed E-state index contributed by atoms with van der Waals surface area (Å²) in [6.07, 6.45) is 0. The Morgan fingerprint density at radius 2 is 1.83 bits per heavy atom. The molecule has 0 aliphatic carbocycles. The molecule has 0 bridgehead atoms. The van der Waals surface area contributed by atoms with Gasteiger partial charge in [0.1, 0.15) is 5.75 Å². The first-order valence-electron chi connectivity index (χ1n) is 9.26. The summed E-state index contributed by atoms with van der Waals surface area (Å²) in [5.41, 5.74) is 1.73. The van der Waals surface area contributed by atoms with Crippen molar-refractivity contribution in [2.24, 2.45) is 7.05 Å². The quantitative estimate of drug-likeness (QED) is 0.489. The van der Waals surface area contributed by atoms with Crippen LogP contribution in [0.5, 0.6) is 5.75 Å². The van der Waals surface area contributed by atoms with Crippen molar-refractivity contribution >= 4 is 40.9 Å². The molecule has 0 saturated heterocycles. The third kappa shape index (κ3) is 5.09. The summed E-state index contributed by atoms with van der Waals surface area (Å²) < 4.78 is 7.06. The number of nitrogens with zero attached hydrogens (tertiary/aromatic N) is 3. The van der Waals surface area contributed by atoms with E-state index in [-0.39, 0.29) is 17.2 Å². The zero-order valence-corrected chi connectivity index (χ0v) is 19.3. The van der Waals surface area contributed by atoms with Crippen molar-refractivity contribution in [3.63, 3.8) is 0 Å². The smallest absolute Gasteiger partial charge is 0.233 e. The fourth-order valence-electron chi connectivity index (χ4n) is 2.88. The third-order valence-electron chi connectivity index (χ3n) is 4.62. The van der Waals surface area contributed by atoms with Crippen molar-refractivity contribution < 1.29 is 9.53 Å². The highest BCUT2D eigenvalue weighted by Crippen LogP contribution is 2.29. The number of nitrogens with one attached hydrogen (secondary N) is 1. The fourth-order valence-corrected chi connectivity index (χ4v) is 4.28. The van der Waals surface area contributed by atoms with Crippen LogP contribution in [-0.2, 0) is 11.8 Å². The third-order valence-corrected chi connectivity index (χ3v) is 6.32. The van der Waals surface area contributed by atoms with Crippen molar-refractivity contribution in [3.05, 3.63) is 58.1 Å². The van der Waals surface area contributed by atoms with Gasteiger partial charge in [-0.3, -0.25) is 4.79 Å². The standard InChI is InChI=1S/C21H22Cl2N4O2S/c1-12(17-10-7-15(22)11-18(17)23)24-20(28)13(2)30-21-26-25-19(27(21)3)14-5-8-16(29-4)9-6-14/h5-13H,1-4H3,(H,24,28)/t12-,13-/m1/s1. The average Bonchev–Trinajstić information content (AvgIpc) is 3.08. The number of carbonyl (C=O) groups excluding carboxylic acids is 1. The number of thioether (sulfide) groups is 1. The summed E-state index contributed by atoms with van der Waals surface area (Å²) in [5, 5.41) is 12.9. The number of halogens is 2. The van der Waals surface area contributed by atoms with Crippen LogP contribution >= 0.6 is 35.0 Å². The summed E-state index contributed by atoms with van der Waals surface area (Å²) >= 11 is 13.5. The molecular formula is C21H22Cl2N4O2S. The number of amides is 1. The molecule has 0 saturated carbocycles. The largest absolute Gasteiger partial charge is 0.497 e. The fraction of sp³-hybridized carbons (Fsp3) is 0.286. The second-order valence-corrected chi connectivity index (χ2v) is 8.90. The van der Waals surface area contributed by atoms with E-state index in [4.69, 9.17) is 27.9 Å². The van der Waals surface area contributed by atoms with Crippen molar-refractivity contribution in [3.8, 4) is 17.1 Å². The van der Waals surface area contributed by atoms with Crippen LogP contribution in [0, 0.1) is 0 Å². The predicted octanol–water partition coefficient (Wildman–Crippen LogP) is 5.16. The average molecular weight is 465 g/mol. The first kappa shape index (κ1) is 22.5. The first-order chi connectivity index (χ1) is 14.3. The van der Waals surface area contributed by atoms with Crippen LogP contribution in [-0.4, -0.2) is 33.0 Å². The summed E-state index contributed by atoms with van der Waals surface area (Å²) in [6, 6.07) is 12.6. The second kappa shape index (κ2) is 9.73. The minimum Gasteiger partial charge on any atom is -0.497 e. The molecule has 30 heavy (non-hydrogen) atoms. The van der Waals surface area contributed by atoms with E-state index in [0.717, 1.165) is 16.9 Å². The normalized spacial score (nSPS) is 13.0. The van der Waals surface area contributed by atoms with E-state index in [1.165, 1.54) is 11.8 Å². The number of carbonyl (C=O) groups is 1. The molecule has 0 spiro atoms. The van der Waals surface area contributed by atoms with Gasteiger partial charge in [0, 0.05) is 22.7 Å². The van der Waals surface area contributed by atoms with Crippen LogP contribution in [0.15, 0.2) is 47.6 Å². The lowest BCUT2D eigenvalue weighted by Gasteiger charge is -2.18. The van der Waals surface area contributed by atoms with E-state index in [1.807, 2.05) is 55.8 Å². The van der Waals surface area contributed by atoms with Gasteiger partial charge >= 0.3 is 0 Å². The lowest BCUT2D eigenvalue weighted by Crippen LogP contribution is -2.33. The van der Waals surface area contributed by atoms with E-state index in [9.17, 15) is 4.79 Å². The van der Waals surface area contributed by atoms with E-state index >= 15 is 0 Å². The molecule has 2 aromatic carbocycles. The maximum atomic E-state index is 12.7. The van der Waals surface area contributed by atoms with Gasteiger partial charge < -0.3 is 14.6 Å². The van der Waals surface area contributed by atoms with Gasteiger partial charge in [0.25, 0.3) is 0 Å². The lowest BCUT2D eigenvalue weighted by molar-refractivity contribution is -0.120. The molecule has 3 rings (SSSR count). The minimum atomic E-state index is -0.370. The molecule has 0 aliphatic heterocycles. The summed E-state index contributed by atoms with van der Waals surface area (Å²) in [5.74, 6) is 1.37. The van der Waals surface area contributed by atoms with Gasteiger partial charge in [-0.2, -0.15) is 0 Å². The van der Waals surface area contributed by atoms with Crippen LogP contribution in [0.2, 0.25) is 10.0 Å². The zero-order chi connectivity index (χ0) is 21.8. The molecule has 0 radical (unpaired) electrons. The monoisotopic (exact) mass is 464 g/mol. The molecule has 1 aromatic heterocycles. The Labute approximate surface area is 189 Å². The van der Waals surface area contributed by atoms with E-state index in [1.54, 1.807) is 19.2 Å². The Kier molecular flexibility index (Phi) is 7.28. The van der Waals surface area contributed by atoms with Crippen LogP contribution in [0.3, 0.4) is 0 Å². The lowest BCUT2D eigenvalue weighted by atomic mass is 10.1. The molecular weight excluding hydrogens is 443 g/mol. The summed E-state index contributed by atoms with van der Waals surface area (Å²) in [6.45, 7) is 3.71. The number of hydrogen-bond acceptors (Lipinski definition) is 5. The molecule has 1 N–H and O–H groups in total. The molecule has 0 aliphatic rings. The van der Waals surface area contributed by atoms with Crippen molar-refractivity contribution in [1.82, 2.24) is 20.1 Å². The Morgan fingerprint density at radius 3 is 2.47 bits per heavy atom. The SMILES string of the molecule is COc1ccc(-c2nnc(S[C@H](C)C(=O)N[C@H](C)c3ccc(Cl)cc3Cl)n2C)cc1. The Morgan fingerprint density at radius 1 is 1.13 bits per heavy atom. The number of benzene rings is 2. The Balaban J connectivity index is 1.67. The molecule has 2 atom stereocenters. The maximum Gasteiger partial charge on any atom is 0.233 e. The van der Waals surface area contributed by atoms with E-state index < -0.39 is 0 Å². The minimum absolute atomic E-state index is 0.118. The van der Waals surface area contributed by atoms with Crippen LogP contribution in [0.25, 0.3) is 11.4 Å². The topological polar surface area (TPSA) is 69.0 Å². The highest BCUT2D eigenvalue weighted by atomic mass is 35.5. The van der Waals surface area contributed by atoms with Gasteiger partial charge in [0.2, 0.25) is 5.91 Å². The summed E-state index contributed by atoms with van der Waals surface area (Å²) in [7, 11) is 3.50. The van der Waals surface area contributed by atoms with E-state index in [0.29, 0.717) is 21.0 Å². The first-order valence-corrected chi connectivity index (χ1v) is 10.9. The number of aromatic nitrogens is 3. The molecule has 1 heterocycles. The molecule has 9 heteroatoms. The van der Waals surface area contributed by atoms with Gasteiger partial charge in [0.05, 0.1) is 18.4 Å². The van der Waals surface area contributed by atoms with Crippen LogP contribution in [0.1, 0.15) is 25.5 Å². The van der Waals surface area contributed by atoms with Gasteiger partial charge in [0.15, 0.2) is 11.0 Å². The molecule has 0 unspecified atom stereocenters. The highest BCUT2D eigenvalue weighted by Gasteiger charge is 2.22. The number of rotatable bonds is 7. The number of ether oxygens (including phenoxy) is 1. The van der Waals surface area contributed by atoms with Gasteiger partial charge in [-0.15, -0.1) is 10.2 Å². The van der Waals surface area contributed by atoms with E-state index in [2.05, 4.69) is 15.5 Å². The van der Waals surface area contributed by atoms with Crippen molar-refractivity contribution in [2.45, 2.75) is 30.3 Å². The Hall–Kier alpha value is -2.22. The van der Waals surface area contributed by atoms with Gasteiger partial charge in [-0.1, -0.05) is 41.0 Å². The molecule has 0 fully saturated rings. The second-order valence-electron chi connectivity index (χ2n) is 6.75. The van der Waals surface area contributed by atoms with Crippen LogP contribution in [0.4, 0.5) is 0 Å². The zero-order valence-electron chi connectivity index (χ0n) is 17.0. The van der Waals surface area contributed by atoms with Gasteiger partial charge in [-0.05, 0) is 55.8 Å².